The van der Waals surface area contributed by atoms with Crippen LogP contribution in [0.3, 0.4) is 0 Å². The van der Waals surface area contributed by atoms with Gasteiger partial charge in [0.25, 0.3) is 0 Å². The average Bonchev–Trinajstić information content (AvgIpc) is 3.38. The van der Waals surface area contributed by atoms with Crippen molar-refractivity contribution in [2.24, 2.45) is 11.8 Å². The Bertz CT molecular complexity index is 552. The number of amides is 2. The van der Waals surface area contributed by atoms with Gasteiger partial charge in [0, 0.05) is 18.3 Å². The number of hydrogen-bond donors (Lipinski definition) is 1. The van der Waals surface area contributed by atoms with Gasteiger partial charge < -0.3 is 10.2 Å². The van der Waals surface area contributed by atoms with Crippen molar-refractivity contribution in [3.8, 4) is 0 Å². The highest BCUT2D eigenvalue weighted by Gasteiger charge is 2.49. The van der Waals surface area contributed by atoms with Crippen molar-refractivity contribution in [2.75, 3.05) is 11.4 Å². The third-order valence-electron chi connectivity index (χ3n) is 5.05. The number of benzene rings is 1. The third-order valence-corrected chi connectivity index (χ3v) is 5.05. The molecule has 0 bridgehead atoms. The van der Waals surface area contributed by atoms with Crippen LogP contribution in [0.15, 0.2) is 30.3 Å². The molecule has 4 nitrogen and oxygen atoms in total. The zero-order valence-corrected chi connectivity index (χ0v) is 13.8. The highest BCUT2D eigenvalue weighted by Crippen LogP contribution is 2.41. The van der Waals surface area contributed by atoms with Crippen LogP contribution in [0.5, 0.6) is 0 Å². The van der Waals surface area contributed by atoms with Crippen molar-refractivity contribution in [1.82, 2.24) is 5.32 Å². The van der Waals surface area contributed by atoms with Crippen LogP contribution in [-0.4, -0.2) is 24.4 Å². The summed E-state index contributed by atoms with van der Waals surface area (Å²) in [6, 6.07) is 10.0. The Morgan fingerprint density at radius 2 is 1.78 bits per heavy atom. The Labute approximate surface area is 138 Å². The maximum atomic E-state index is 12.7. The SMILES string of the molecule is CCN(C(=O)C1CC1C(=O)NC1CCCCC1)c1ccccc1. The van der Waals surface area contributed by atoms with Crippen molar-refractivity contribution in [3.05, 3.63) is 30.3 Å². The van der Waals surface area contributed by atoms with E-state index in [1.165, 1.54) is 19.3 Å². The third kappa shape index (κ3) is 3.74. The standard InChI is InChI=1S/C19H26N2O2/c1-2-21(15-11-7-4-8-12-15)19(23)17-13-16(17)18(22)20-14-9-5-3-6-10-14/h4,7-8,11-12,14,16-17H,2-3,5-6,9-10,13H2,1H3,(H,20,22). The molecule has 0 heterocycles. The fourth-order valence-corrected chi connectivity index (χ4v) is 3.59. The first-order valence-corrected chi connectivity index (χ1v) is 8.87. The fraction of sp³-hybridized carbons (Fsp3) is 0.579. The monoisotopic (exact) mass is 314 g/mol. The van der Waals surface area contributed by atoms with E-state index in [9.17, 15) is 9.59 Å². The number of nitrogens with one attached hydrogen (secondary N) is 1. The van der Waals surface area contributed by atoms with Gasteiger partial charge in [0.2, 0.25) is 11.8 Å². The lowest BCUT2D eigenvalue weighted by Gasteiger charge is -2.23. The normalized spacial score (nSPS) is 24.0. The Morgan fingerprint density at radius 1 is 1.09 bits per heavy atom. The summed E-state index contributed by atoms with van der Waals surface area (Å²) in [6.07, 6.45) is 6.55. The van der Waals surface area contributed by atoms with Crippen molar-refractivity contribution in [2.45, 2.75) is 51.5 Å². The smallest absolute Gasteiger partial charge is 0.230 e. The van der Waals surface area contributed by atoms with Crippen molar-refractivity contribution in [1.29, 1.82) is 0 Å². The lowest BCUT2D eigenvalue weighted by molar-refractivity contribution is -0.126. The molecule has 2 amide bonds. The van der Waals surface area contributed by atoms with Crippen molar-refractivity contribution in [3.63, 3.8) is 0 Å². The molecule has 3 rings (SSSR count). The predicted octanol–water partition coefficient (Wildman–Crippen LogP) is 3.12. The zero-order valence-electron chi connectivity index (χ0n) is 13.8. The highest BCUT2D eigenvalue weighted by molar-refractivity contribution is 6.01. The fourth-order valence-electron chi connectivity index (χ4n) is 3.59. The number of nitrogens with zero attached hydrogens (tertiary/aromatic N) is 1. The van der Waals surface area contributed by atoms with Crippen LogP contribution in [0.4, 0.5) is 5.69 Å². The van der Waals surface area contributed by atoms with Gasteiger partial charge in [0.1, 0.15) is 0 Å². The van der Waals surface area contributed by atoms with Gasteiger partial charge in [-0.25, -0.2) is 0 Å². The molecule has 2 aliphatic carbocycles. The van der Waals surface area contributed by atoms with E-state index in [1.807, 2.05) is 37.3 Å². The van der Waals surface area contributed by atoms with Crippen LogP contribution in [0, 0.1) is 11.8 Å². The van der Waals surface area contributed by atoms with E-state index >= 15 is 0 Å². The van der Waals surface area contributed by atoms with Crippen molar-refractivity contribution < 1.29 is 9.59 Å². The molecule has 0 aromatic heterocycles. The number of para-hydroxylation sites is 1. The maximum absolute atomic E-state index is 12.7. The quantitative estimate of drug-likeness (QED) is 0.908. The van der Waals surface area contributed by atoms with Crippen LogP contribution in [0.1, 0.15) is 45.4 Å². The second kappa shape index (κ2) is 7.16. The van der Waals surface area contributed by atoms with Gasteiger partial charge >= 0.3 is 0 Å². The van der Waals surface area contributed by atoms with Gasteiger partial charge in [-0.1, -0.05) is 37.5 Å². The molecule has 1 N–H and O–H groups in total. The van der Waals surface area contributed by atoms with Crippen LogP contribution in [0.25, 0.3) is 0 Å². The van der Waals surface area contributed by atoms with Crippen LogP contribution in [0.2, 0.25) is 0 Å². The number of carbonyl (C=O) groups is 2. The van der Waals surface area contributed by atoms with E-state index in [2.05, 4.69) is 5.32 Å². The van der Waals surface area contributed by atoms with Gasteiger partial charge in [0.05, 0.1) is 11.8 Å². The molecule has 4 heteroatoms. The summed E-state index contributed by atoms with van der Waals surface area (Å²) in [6.45, 7) is 2.61. The molecule has 1 aromatic carbocycles. The molecular formula is C19H26N2O2. The Morgan fingerprint density at radius 3 is 2.43 bits per heavy atom. The molecule has 0 saturated heterocycles. The minimum Gasteiger partial charge on any atom is -0.353 e. The second-order valence-electron chi connectivity index (χ2n) is 6.71. The topological polar surface area (TPSA) is 49.4 Å². The summed E-state index contributed by atoms with van der Waals surface area (Å²) in [5.74, 6) is -0.0946. The molecule has 2 saturated carbocycles. The molecular weight excluding hydrogens is 288 g/mol. The van der Waals surface area contributed by atoms with Gasteiger partial charge in [0.15, 0.2) is 0 Å². The number of hydrogen-bond acceptors (Lipinski definition) is 2. The van der Waals surface area contributed by atoms with E-state index in [1.54, 1.807) is 4.90 Å². The first-order valence-electron chi connectivity index (χ1n) is 8.87. The zero-order chi connectivity index (χ0) is 16.2. The summed E-state index contributed by atoms with van der Waals surface area (Å²) < 4.78 is 0. The summed E-state index contributed by atoms with van der Waals surface area (Å²) in [5.41, 5.74) is 0.915. The van der Waals surface area contributed by atoms with Crippen LogP contribution >= 0.6 is 0 Å². The van der Waals surface area contributed by atoms with Gasteiger partial charge in [-0.3, -0.25) is 9.59 Å². The molecule has 2 unspecified atom stereocenters. The van der Waals surface area contributed by atoms with E-state index in [4.69, 9.17) is 0 Å². The molecule has 0 aliphatic heterocycles. The summed E-state index contributed by atoms with van der Waals surface area (Å²) in [5, 5.41) is 3.15. The highest BCUT2D eigenvalue weighted by atomic mass is 16.2. The van der Waals surface area contributed by atoms with E-state index < -0.39 is 0 Å². The lowest BCUT2D eigenvalue weighted by atomic mass is 9.95. The lowest BCUT2D eigenvalue weighted by Crippen LogP contribution is -2.39. The molecule has 2 atom stereocenters. The first kappa shape index (κ1) is 16.0. The minimum atomic E-state index is -0.140. The Balaban J connectivity index is 1.56. The first-order chi connectivity index (χ1) is 11.2. The molecule has 2 fully saturated rings. The predicted molar refractivity (Wildman–Crippen MR) is 91.1 cm³/mol. The summed E-state index contributed by atoms with van der Waals surface area (Å²) in [7, 11) is 0. The summed E-state index contributed by atoms with van der Waals surface area (Å²) in [4.78, 5) is 26.8. The number of rotatable bonds is 5. The molecule has 1 aromatic rings. The number of anilines is 1. The Hall–Kier alpha value is -1.84. The van der Waals surface area contributed by atoms with Gasteiger partial charge in [-0.2, -0.15) is 0 Å². The van der Waals surface area contributed by atoms with Gasteiger partial charge in [-0.05, 0) is 38.3 Å². The molecule has 124 valence electrons. The van der Waals surface area contributed by atoms with E-state index in [0.29, 0.717) is 19.0 Å². The maximum Gasteiger partial charge on any atom is 0.230 e. The van der Waals surface area contributed by atoms with E-state index in [0.717, 1.165) is 18.5 Å². The average molecular weight is 314 g/mol. The molecule has 2 aliphatic rings. The second-order valence-corrected chi connectivity index (χ2v) is 6.71. The molecule has 23 heavy (non-hydrogen) atoms. The largest absolute Gasteiger partial charge is 0.353 e. The van der Waals surface area contributed by atoms with Crippen LogP contribution in [-0.2, 0) is 9.59 Å². The van der Waals surface area contributed by atoms with Crippen molar-refractivity contribution >= 4 is 17.5 Å². The summed E-state index contributed by atoms with van der Waals surface area (Å²) >= 11 is 0. The Kier molecular flexibility index (Phi) is 4.99. The molecule has 0 spiro atoms. The number of carbonyl (C=O) groups excluding carboxylic acids is 2. The van der Waals surface area contributed by atoms with E-state index in [-0.39, 0.29) is 23.7 Å². The van der Waals surface area contributed by atoms with Crippen LogP contribution < -0.4 is 10.2 Å². The minimum absolute atomic E-state index is 0.0827. The molecule has 0 radical (unpaired) electrons. The van der Waals surface area contributed by atoms with Gasteiger partial charge in [-0.15, -0.1) is 0 Å².